The number of nitrogens with one attached hydrogen (secondary N) is 1. The van der Waals surface area contributed by atoms with Crippen LogP contribution < -0.4 is 10.2 Å². The summed E-state index contributed by atoms with van der Waals surface area (Å²) in [6.07, 6.45) is 3.35. The second-order valence-corrected chi connectivity index (χ2v) is 6.56. The molecule has 1 saturated heterocycles. The van der Waals surface area contributed by atoms with E-state index < -0.39 is 0 Å². The summed E-state index contributed by atoms with van der Waals surface area (Å²) in [5, 5.41) is 2.74. The molecular weight excluding hydrogens is 346 g/mol. The molecule has 144 valence electrons. The molecule has 0 spiro atoms. The fourth-order valence-electron chi connectivity index (χ4n) is 2.95. The Bertz CT molecular complexity index is 727. The lowest BCUT2D eigenvalue weighted by Crippen LogP contribution is -2.50. The number of nitrogens with zero attached hydrogens (tertiary/aromatic N) is 4. The number of hydrogen-bond donors (Lipinski definition) is 1. The number of hydrogen-bond acceptors (Lipinski definition) is 6. The van der Waals surface area contributed by atoms with Crippen molar-refractivity contribution in [1.82, 2.24) is 20.1 Å². The first-order valence-corrected chi connectivity index (χ1v) is 9.03. The topological polar surface area (TPSA) is 81.9 Å². The summed E-state index contributed by atoms with van der Waals surface area (Å²) in [5.41, 5.74) is 0. The molecule has 2 aromatic heterocycles. The molecule has 0 atom stereocenters. The van der Waals surface area contributed by atoms with Gasteiger partial charge < -0.3 is 19.5 Å². The maximum atomic E-state index is 12.4. The lowest BCUT2D eigenvalue weighted by Gasteiger charge is -2.35. The van der Waals surface area contributed by atoms with Gasteiger partial charge in [0.15, 0.2) is 0 Å². The molecule has 1 aliphatic rings. The van der Waals surface area contributed by atoms with Crippen LogP contribution in [-0.4, -0.2) is 72.9 Å². The minimum atomic E-state index is -0.206. The second-order valence-electron chi connectivity index (χ2n) is 6.56. The summed E-state index contributed by atoms with van der Waals surface area (Å²) in [5.74, 6) is 1.38. The van der Waals surface area contributed by atoms with E-state index in [4.69, 9.17) is 4.42 Å². The van der Waals surface area contributed by atoms with Crippen LogP contribution in [0.3, 0.4) is 0 Å². The highest BCUT2D eigenvalue weighted by Crippen LogP contribution is 2.12. The molecule has 1 fully saturated rings. The Labute approximate surface area is 158 Å². The van der Waals surface area contributed by atoms with E-state index in [1.807, 2.05) is 18.2 Å². The molecule has 0 bridgehead atoms. The highest BCUT2D eigenvalue weighted by Gasteiger charge is 2.22. The molecular formula is C19H25N5O3. The van der Waals surface area contributed by atoms with Gasteiger partial charge in [0.1, 0.15) is 11.6 Å². The Morgan fingerprint density at radius 2 is 2.00 bits per heavy atom. The van der Waals surface area contributed by atoms with Gasteiger partial charge in [-0.3, -0.25) is 14.5 Å². The smallest absolute Gasteiger partial charge is 0.239 e. The predicted molar refractivity (Wildman–Crippen MR) is 101 cm³/mol. The third-order valence-electron chi connectivity index (χ3n) is 4.55. The Kier molecular flexibility index (Phi) is 6.43. The average molecular weight is 371 g/mol. The Morgan fingerprint density at radius 3 is 2.67 bits per heavy atom. The zero-order valence-electron chi connectivity index (χ0n) is 15.5. The fraction of sp³-hybridized carbons (Fsp3) is 0.421. The fourth-order valence-corrected chi connectivity index (χ4v) is 2.95. The van der Waals surface area contributed by atoms with E-state index >= 15 is 0 Å². The Balaban J connectivity index is 1.37. The molecule has 3 rings (SSSR count). The zero-order valence-corrected chi connectivity index (χ0v) is 15.5. The van der Waals surface area contributed by atoms with Crippen LogP contribution >= 0.6 is 0 Å². The van der Waals surface area contributed by atoms with E-state index in [9.17, 15) is 9.59 Å². The van der Waals surface area contributed by atoms with Gasteiger partial charge in [0.2, 0.25) is 11.8 Å². The summed E-state index contributed by atoms with van der Waals surface area (Å²) in [7, 11) is 1.65. The molecule has 0 unspecified atom stereocenters. The van der Waals surface area contributed by atoms with Crippen molar-refractivity contribution in [1.29, 1.82) is 0 Å². The monoisotopic (exact) mass is 371 g/mol. The molecule has 0 radical (unpaired) electrons. The van der Waals surface area contributed by atoms with Crippen LogP contribution in [0.25, 0.3) is 0 Å². The molecule has 0 saturated carbocycles. The van der Waals surface area contributed by atoms with Crippen LogP contribution in [0.2, 0.25) is 0 Å². The van der Waals surface area contributed by atoms with Gasteiger partial charge in [-0.15, -0.1) is 0 Å². The SMILES string of the molecule is CN(CC(=O)NCc1ccco1)C(=O)CN1CCN(c2ccccn2)CC1. The zero-order chi connectivity index (χ0) is 19.1. The molecule has 8 heteroatoms. The summed E-state index contributed by atoms with van der Waals surface area (Å²) in [6, 6.07) is 9.43. The number of furan rings is 1. The normalized spacial score (nSPS) is 14.8. The van der Waals surface area contributed by atoms with Crippen LogP contribution in [0.15, 0.2) is 47.2 Å². The number of carbonyl (C=O) groups is 2. The molecule has 1 N–H and O–H groups in total. The highest BCUT2D eigenvalue weighted by molar-refractivity contribution is 5.85. The molecule has 8 nitrogen and oxygen atoms in total. The first kappa shape index (κ1) is 18.9. The molecule has 0 aliphatic carbocycles. The van der Waals surface area contributed by atoms with Gasteiger partial charge in [-0.1, -0.05) is 6.07 Å². The molecule has 2 amide bonds. The number of rotatable bonds is 7. The Morgan fingerprint density at radius 1 is 1.19 bits per heavy atom. The van der Waals surface area contributed by atoms with Crippen molar-refractivity contribution in [2.75, 3.05) is 51.2 Å². The Hall–Kier alpha value is -2.87. The summed E-state index contributed by atoms with van der Waals surface area (Å²) in [4.78, 5) is 34.5. The van der Waals surface area contributed by atoms with E-state index in [0.717, 1.165) is 32.0 Å². The van der Waals surface area contributed by atoms with E-state index in [0.29, 0.717) is 18.8 Å². The number of likely N-dealkylation sites (N-methyl/N-ethyl adjacent to an activating group) is 1. The van der Waals surface area contributed by atoms with Crippen molar-refractivity contribution in [2.45, 2.75) is 6.54 Å². The van der Waals surface area contributed by atoms with Gasteiger partial charge in [-0.25, -0.2) is 4.98 Å². The van der Waals surface area contributed by atoms with Crippen molar-refractivity contribution in [3.05, 3.63) is 48.6 Å². The van der Waals surface area contributed by atoms with Gasteiger partial charge in [0, 0.05) is 39.4 Å². The molecule has 2 aromatic rings. The molecule has 0 aromatic carbocycles. The lowest BCUT2D eigenvalue weighted by atomic mass is 10.3. The number of piperazine rings is 1. The number of pyridine rings is 1. The number of amides is 2. The summed E-state index contributed by atoms with van der Waals surface area (Å²) >= 11 is 0. The van der Waals surface area contributed by atoms with E-state index in [1.165, 1.54) is 4.90 Å². The molecule has 27 heavy (non-hydrogen) atoms. The quantitative estimate of drug-likeness (QED) is 0.766. The van der Waals surface area contributed by atoms with Crippen molar-refractivity contribution < 1.29 is 14.0 Å². The van der Waals surface area contributed by atoms with Crippen molar-refractivity contribution in [3.8, 4) is 0 Å². The average Bonchev–Trinajstić information content (AvgIpc) is 3.21. The largest absolute Gasteiger partial charge is 0.467 e. The third-order valence-corrected chi connectivity index (χ3v) is 4.55. The van der Waals surface area contributed by atoms with Gasteiger partial charge >= 0.3 is 0 Å². The van der Waals surface area contributed by atoms with Crippen molar-refractivity contribution in [2.24, 2.45) is 0 Å². The van der Waals surface area contributed by atoms with Gasteiger partial charge in [-0.05, 0) is 24.3 Å². The van der Waals surface area contributed by atoms with E-state index in [1.54, 1.807) is 31.6 Å². The van der Waals surface area contributed by atoms with E-state index in [-0.39, 0.29) is 18.4 Å². The first-order chi connectivity index (χ1) is 13.1. The number of anilines is 1. The number of aromatic nitrogens is 1. The van der Waals surface area contributed by atoms with Crippen molar-refractivity contribution >= 4 is 17.6 Å². The van der Waals surface area contributed by atoms with Gasteiger partial charge in [0.05, 0.1) is 25.9 Å². The minimum Gasteiger partial charge on any atom is -0.467 e. The maximum absolute atomic E-state index is 12.4. The second kappa shape index (κ2) is 9.18. The first-order valence-electron chi connectivity index (χ1n) is 9.03. The summed E-state index contributed by atoms with van der Waals surface area (Å²) in [6.45, 7) is 3.92. The number of carbonyl (C=O) groups excluding carboxylic acids is 2. The van der Waals surface area contributed by atoms with Gasteiger partial charge in [0.25, 0.3) is 0 Å². The molecule has 1 aliphatic heterocycles. The molecule has 3 heterocycles. The van der Waals surface area contributed by atoms with Crippen LogP contribution in [-0.2, 0) is 16.1 Å². The third kappa shape index (κ3) is 5.55. The minimum absolute atomic E-state index is 0.0352. The van der Waals surface area contributed by atoms with Crippen LogP contribution in [0.1, 0.15) is 5.76 Å². The lowest BCUT2D eigenvalue weighted by molar-refractivity contribution is -0.135. The van der Waals surface area contributed by atoms with Crippen LogP contribution in [0, 0.1) is 0 Å². The highest BCUT2D eigenvalue weighted by atomic mass is 16.3. The van der Waals surface area contributed by atoms with E-state index in [2.05, 4.69) is 20.1 Å². The maximum Gasteiger partial charge on any atom is 0.239 e. The van der Waals surface area contributed by atoms with Crippen LogP contribution in [0.4, 0.5) is 5.82 Å². The van der Waals surface area contributed by atoms with Crippen molar-refractivity contribution in [3.63, 3.8) is 0 Å². The van der Waals surface area contributed by atoms with Gasteiger partial charge in [-0.2, -0.15) is 0 Å². The predicted octanol–water partition coefficient (Wildman–Crippen LogP) is 0.571. The summed E-state index contributed by atoms with van der Waals surface area (Å²) < 4.78 is 5.17. The van der Waals surface area contributed by atoms with Crippen LogP contribution in [0.5, 0.6) is 0 Å². The standard InChI is InChI=1S/C19H25N5O3/c1-22(14-18(25)21-13-16-5-4-12-27-16)19(26)15-23-8-10-24(11-9-23)17-6-2-3-7-20-17/h2-7,12H,8-11,13-15H2,1H3,(H,21,25).